The fourth-order valence-electron chi connectivity index (χ4n) is 12.5. The second-order valence-corrected chi connectivity index (χ2v) is 31.3. The summed E-state index contributed by atoms with van der Waals surface area (Å²) in [7, 11) is 0. The van der Waals surface area contributed by atoms with Crippen molar-refractivity contribution in [3.05, 3.63) is 149 Å². The standard InChI is InChI=1S/C78H103N17O18S2/c1-8-13-52-68(104)87-54(24-25-61(100)101)69(105)88-55(31-43-20-22-50(98)23-21-43)71(107)86-53(14-9-2)70(106)94-63(42(4)97)76(112)92-59(66(80)103)39-115-38-46-17-10-16-45(29-46)37-114-28-26-60(99)93-64(78(5,6)7)77(113)91-56(32-44-15-11-18-47(30-44)65(79)102)72(108)89-58(34-49-36-81-40-84-49)74(110)95-62(41(3)96)75(111)90-57(73(109)85-52)33-48-35-83-67-51(48)19-12-27-82-67/h10-12,15-23,27,29-30,35-36,40-42,52-59,62-64,96-98H,8-9,13-14,24-26,28,31-34,37-39H2,1-7H3,(H2,79,102)(H2,80,103)(H,81,84)(H,82,83)(H,85,109)(H,86,107)(H,87,104)(H,88,105)(H,89,108)(H,90,111)(H,91,113)(H,92,112)(H,93,99)(H,94,106)(H,95,110)(H,100,101)/t41-,42-,52+,53+,54+,55+,56+,57+,58+,59+,62+,63+,64-/m1/s1. The lowest BCUT2D eigenvalue weighted by atomic mass is 9.85. The highest BCUT2D eigenvalue weighted by Gasteiger charge is 2.40. The first kappa shape index (κ1) is 90.7. The van der Waals surface area contributed by atoms with E-state index in [1.807, 2.05) is 24.3 Å². The summed E-state index contributed by atoms with van der Waals surface area (Å²) in [5.74, 6) is -13.1. The van der Waals surface area contributed by atoms with Crippen LogP contribution < -0.4 is 70.0 Å². The molecule has 21 N–H and O–H groups in total. The molecule has 2 bridgehead atoms. The van der Waals surface area contributed by atoms with Crippen molar-refractivity contribution in [2.75, 3.05) is 11.5 Å². The largest absolute Gasteiger partial charge is 0.508 e. The number of pyridine rings is 1. The van der Waals surface area contributed by atoms with Crippen LogP contribution in [0.2, 0.25) is 0 Å². The molecule has 7 rings (SSSR count). The van der Waals surface area contributed by atoms with Gasteiger partial charge in [-0.05, 0) is 103 Å². The summed E-state index contributed by atoms with van der Waals surface area (Å²) in [6.07, 6.45) is -0.277. The SMILES string of the molecule is CCC[C@@H]1NC(=O)[C@H](Cc2c[nH]c3ncccc23)NC(=O)[C@H]([C@@H](C)O)NC(=O)[C@H](Cc2cnc[nH]2)NC(=O)[C@H](Cc2cccc(C(N)=O)c2)NC(=O)[C@H](C(C)(C)C)NC(=O)CCSCc2cccc(c2)CSC[C@@H](C(N)=O)NC(=O)[C@H]([C@@H](C)O)NC(=O)[C@H](CCC)NC(=O)[C@H](Cc2ccc(O)cc2)NC(=O)[C@H](CCC(=O)O)NC1=O. The highest BCUT2D eigenvalue weighted by atomic mass is 32.2. The average Bonchev–Trinajstić information content (AvgIpc) is 1.76. The molecule has 620 valence electrons. The molecule has 1 aliphatic heterocycles. The van der Waals surface area contributed by atoms with Crippen molar-refractivity contribution < 1.29 is 87.5 Å². The van der Waals surface area contributed by atoms with E-state index in [0.29, 0.717) is 39.2 Å². The van der Waals surface area contributed by atoms with Crippen molar-refractivity contribution in [3.8, 4) is 5.75 Å². The summed E-state index contributed by atoms with van der Waals surface area (Å²) in [6.45, 7) is 10.8. The zero-order valence-corrected chi connectivity index (χ0v) is 66.5. The molecule has 0 saturated heterocycles. The second-order valence-electron chi connectivity index (χ2n) is 29.2. The highest BCUT2D eigenvalue weighted by Crippen LogP contribution is 2.24. The number of rotatable bonds is 19. The molecular formula is C78H103N17O18S2. The van der Waals surface area contributed by atoms with Crippen molar-refractivity contribution in [2.45, 2.75) is 209 Å². The van der Waals surface area contributed by atoms with Gasteiger partial charge in [-0.15, -0.1) is 0 Å². The quantitative estimate of drug-likeness (QED) is 0.0508. The fourth-order valence-corrected chi connectivity index (χ4v) is 14.4. The molecule has 0 saturated carbocycles. The number of carbonyl (C=O) groups is 14. The molecule has 3 aromatic heterocycles. The van der Waals surface area contributed by atoms with Gasteiger partial charge in [-0.2, -0.15) is 23.5 Å². The van der Waals surface area contributed by atoms with Gasteiger partial charge in [0.05, 0.1) is 18.5 Å². The summed E-state index contributed by atoms with van der Waals surface area (Å²) in [5.41, 5.74) is 13.9. The first-order chi connectivity index (χ1) is 54.6. The molecule has 4 heterocycles. The number of phenols is 1. The molecule has 6 aromatic rings. The summed E-state index contributed by atoms with van der Waals surface area (Å²) in [6, 6.07) is 4.47. The number of imidazole rings is 1. The van der Waals surface area contributed by atoms with E-state index in [4.69, 9.17) is 11.5 Å². The van der Waals surface area contributed by atoms with Gasteiger partial charge in [-0.3, -0.25) is 67.1 Å². The normalized spacial score (nSPS) is 23.3. The number of fused-ring (bicyclic) bond motifs is 3. The third-order valence-electron chi connectivity index (χ3n) is 18.7. The lowest BCUT2D eigenvalue weighted by Crippen LogP contribution is -2.63. The second kappa shape index (κ2) is 43.7. The number of primary amides is 2. The van der Waals surface area contributed by atoms with E-state index in [2.05, 4.69) is 78.4 Å². The predicted octanol–water partition coefficient (Wildman–Crippen LogP) is 0.0222. The number of aliphatic hydroxyl groups is 2. The zero-order chi connectivity index (χ0) is 84.2. The lowest BCUT2D eigenvalue weighted by Gasteiger charge is -2.32. The number of carboxylic acid groups (broad SMARTS) is 1. The van der Waals surface area contributed by atoms with E-state index in [1.165, 1.54) is 97.8 Å². The number of carboxylic acids is 1. The number of phenolic OH excluding ortho intramolecular Hbond substituents is 1. The number of hydrogen-bond acceptors (Lipinski definition) is 21. The van der Waals surface area contributed by atoms with E-state index >= 15 is 9.59 Å². The number of aromatic hydroxyl groups is 1. The number of amides is 13. The molecule has 0 spiro atoms. The smallest absolute Gasteiger partial charge is 0.303 e. The van der Waals surface area contributed by atoms with Gasteiger partial charge in [-0.25, -0.2) is 9.97 Å². The number of nitrogens with zero attached hydrogens (tertiary/aromatic N) is 2. The minimum absolute atomic E-state index is 0.0609. The van der Waals surface area contributed by atoms with Crippen LogP contribution >= 0.6 is 23.5 Å². The molecule has 115 heavy (non-hydrogen) atoms. The van der Waals surface area contributed by atoms with Gasteiger partial charge in [0, 0.05) is 96.8 Å². The van der Waals surface area contributed by atoms with E-state index < -0.39 is 180 Å². The number of H-pyrrole nitrogens is 2. The molecule has 35 nitrogen and oxygen atoms in total. The van der Waals surface area contributed by atoms with Crippen molar-refractivity contribution in [2.24, 2.45) is 16.9 Å². The van der Waals surface area contributed by atoms with Crippen LogP contribution in [0.1, 0.15) is 137 Å². The maximum Gasteiger partial charge on any atom is 0.303 e. The Balaban J connectivity index is 1.26. The number of nitrogens with two attached hydrogens (primary N) is 2. The molecule has 13 atom stereocenters. The molecule has 3 aromatic carbocycles. The summed E-state index contributed by atoms with van der Waals surface area (Å²) in [4.78, 5) is 213. The Morgan fingerprint density at radius 2 is 1.05 bits per heavy atom. The summed E-state index contributed by atoms with van der Waals surface area (Å²) >= 11 is 2.65. The molecular weight excluding hydrogens is 1530 g/mol. The van der Waals surface area contributed by atoms with E-state index in [-0.39, 0.29) is 86.3 Å². The monoisotopic (exact) mass is 1630 g/mol. The first-order valence-electron chi connectivity index (χ1n) is 37.6. The van der Waals surface area contributed by atoms with Crippen molar-refractivity contribution in [1.82, 2.24) is 78.4 Å². The molecule has 1 aliphatic rings. The Hall–Kier alpha value is -11.4. The Kier molecular flexibility index (Phi) is 34.5. The maximum absolute atomic E-state index is 15.1. The van der Waals surface area contributed by atoms with Gasteiger partial charge in [0.25, 0.3) is 0 Å². The summed E-state index contributed by atoms with van der Waals surface area (Å²) in [5, 5.41) is 71.7. The molecule has 37 heteroatoms. The van der Waals surface area contributed by atoms with Gasteiger partial charge in [0.15, 0.2) is 0 Å². The Bertz CT molecular complexity index is 4400. The first-order valence-corrected chi connectivity index (χ1v) is 39.9. The third-order valence-corrected chi connectivity index (χ3v) is 20.8. The fraction of sp³-hybridized carbons (Fsp3) is 0.462. The molecule has 0 radical (unpaired) electrons. The maximum atomic E-state index is 15.1. The Morgan fingerprint density at radius 3 is 1.60 bits per heavy atom. The number of aromatic amines is 2. The molecule has 0 fully saturated rings. The van der Waals surface area contributed by atoms with Crippen molar-refractivity contribution in [3.63, 3.8) is 0 Å². The third kappa shape index (κ3) is 28.3. The van der Waals surface area contributed by atoms with Crippen molar-refractivity contribution >= 4 is 117 Å². The number of aliphatic hydroxyl groups excluding tert-OH is 2. The minimum Gasteiger partial charge on any atom is -0.508 e. The molecule has 13 amide bonds. The van der Waals surface area contributed by atoms with E-state index in [9.17, 15) is 78.0 Å². The van der Waals surface area contributed by atoms with Gasteiger partial charge in [0.1, 0.15) is 77.9 Å². The topological polar surface area (TPSA) is 562 Å². The predicted molar refractivity (Wildman–Crippen MR) is 426 cm³/mol. The molecule has 0 unspecified atom stereocenters. The van der Waals surface area contributed by atoms with Crippen LogP contribution in [-0.4, -0.2) is 213 Å². The van der Waals surface area contributed by atoms with Crippen LogP contribution in [-0.2, 0) is 99.5 Å². The molecule has 0 aliphatic carbocycles. The van der Waals surface area contributed by atoms with Crippen molar-refractivity contribution in [1.29, 1.82) is 0 Å². The number of hydrogen-bond donors (Lipinski definition) is 19. The van der Waals surface area contributed by atoms with Crippen LogP contribution in [0.4, 0.5) is 0 Å². The zero-order valence-electron chi connectivity index (χ0n) is 64.9. The van der Waals surface area contributed by atoms with Crippen LogP contribution in [0.25, 0.3) is 11.0 Å². The van der Waals surface area contributed by atoms with Crippen LogP contribution in [0, 0.1) is 5.41 Å². The average molecular weight is 1630 g/mol. The number of aromatic nitrogens is 4. The van der Waals surface area contributed by atoms with Gasteiger partial charge in [0.2, 0.25) is 76.8 Å². The van der Waals surface area contributed by atoms with E-state index in [0.717, 1.165) is 18.1 Å². The van der Waals surface area contributed by atoms with Crippen LogP contribution in [0.15, 0.2) is 110 Å². The number of thioether (sulfide) groups is 2. The highest BCUT2D eigenvalue weighted by molar-refractivity contribution is 7.98. The Morgan fingerprint density at radius 1 is 0.548 bits per heavy atom. The van der Waals surface area contributed by atoms with Crippen LogP contribution in [0.5, 0.6) is 5.75 Å². The van der Waals surface area contributed by atoms with Gasteiger partial charge >= 0.3 is 5.97 Å². The van der Waals surface area contributed by atoms with Gasteiger partial charge < -0.3 is 100 Å². The van der Waals surface area contributed by atoms with Gasteiger partial charge in [-0.1, -0.05) is 96.0 Å². The Labute approximate surface area is 672 Å². The number of aliphatic carboxylic acids is 1. The number of benzene rings is 3. The lowest BCUT2D eigenvalue weighted by molar-refractivity contribution is -0.139. The van der Waals surface area contributed by atoms with Crippen LogP contribution in [0.3, 0.4) is 0 Å². The summed E-state index contributed by atoms with van der Waals surface area (Å²) < 4.78 is 0. The van der Waals surface area contributed by atoms with E-state index in [1.54, 1.807) is 52.8 Å². The number of nitrogens with one attached hydrogen (secondary N) is 13. The minimum atomic E-state index is -1.93. The number of carbonyl (C=O) groups excluding carboxylic acids is 13.